The Morgan fingerprint density at radius 1 is 1.20 bits per heavy atom. The zero-order chi connectivity index (χ0) is 13.9. The number of nitrogens with one attached hydrogen (secondary N) is 1. The zero-order valence-electron chi connectivity index (χ0n) is 10.8. The van der Waals surface area contributed by atoms with E-state index in [0.29, 0.717) is 18.8 Å². The molecule has 1 aliphatic heterocycles. The Balaban J connectivity index is 1.72. The normalized spacial score (nSPS) is 16.9. The van der Waals surface area contributed by atoms with Crippen molar-refractivity contribution < 1.29 is 13.9 Å². The van der Waals surface area contributed by atoms with Crippen molar-refractivity contribution >= 4 is 11.6 Å². The van der Waals surface area contributed by atoms with Gasteiger partial charge in [0.25, 0.3) is 0 Å². The molecule has 4 heteroatoms. The lowest BCUT2D eigenvalue weighted by atomic mass is 9.96. The number of para-hydroxylation sites is 1. The van der Waals surface area contributed by atoms with E-state index in [1.54, 1.807) is 6.07 Å². The predicted molar refractivity (Wildman–Crippen MR) is 74.2 cm³/mol. The number of ether oxygens (including phenoxy) is 1. The van der Waals surface area contributed by atoms with Crippen LogP contribution in [-0.2, 0) is 11.2 Å². The van der Waals surface area contributed by atoms with Gasteiger partial charge in [0.1, 0.15) is 18.2 Å². The largest absolute Gasteiger partial charge is 0.492 e. The number of benzene rings is 2. The van der Waals surface area contributed by atoms with Crippen LogP contribution >= 0.6 is 0 Å². The highest BCUT2D eigenvalue weighted by molar-refractivity contribution is 5.93. The second kappa shape index (κ2) is 5.33. The van der Waals surface area contributed by atoms with E-state index in [2.05, 4.69) is 5.32 Å². The van der Waals surface area contributed by atoms with Crippen LogP contribution in [0.25, 0.3) is 0 Å². The molecule has 3 nitrogen and oxygen atoms in total. The fourth-order valence-electron chi connectivity index (χ4n) is 2.30. The van der Waals surface area contributed by atoms with Crippen molar-refractivity contribution in [3.05, 3.63) is 59.9 Å². The predicted octanol–water partition coefficient (Wildman–Crippen LogP) is 3.02. The van der Waals surface area contributed by atoms with Gasteiger partial charge in [-0.3, -0.25) is 4.79 Å². The molecule has 0 saturated carbocycles. The summed E-state index contributed by atoms with van der Waals surface area (Å²) in [6.45, 7) is 0.317. The standard InChI is InChI=1S/C16H14FNO2/c17-13-6-7-15-11(9-13)8-12(10-20-15)16(19)18-14-4-2-1-3-5-14/h1-7,9,12H,8,10H2,(H,18,19). The Kier molecular flexibility index (Phi) is 3.37. The number of halogens is 1. The first kappa shape index (κ1) is 12.7. The molecule has 1 N–H and O–H groups in total. The molecule has 0 saturated heterocycles. The molecule has 20 heavy (non-hydrogen) atoms. The lowest BCUT2D eigenvalue weighted by Gasteiger charge is -2.24. The van der Waals surface area contributed by atoms with Crippen LogP contribution in [0.2, 0.25) is 0 Å². The van der Waals surface area contributed by atoms with Crippen molar-refractivity contribution in [1.29, 1.82) is 0 Å². The van der Waals surface area contributed by atoms with Gasteiger partial charge in [0.15, 0.2) is 0 Å². The molecule has 0 aliphatic carbocycles. The van der Waals surface area contributed by atoms with Gasteiger partial charge in [0.2, 0.25) is 5.91 Å². The summed E-state index contributed by atoms with van der Waals surface area (Å²) in [4.78, 5) is 12.2. The maximum atomic E-state index is 13.2. The van der Waals surface area contributed by atoms with E-state index in [1.807, 2.05) is 30.3 Å². The van der Waals surface area contributed by atoms with Gasteiger partial charge in [-0.15, -0.1) is 0 Å². The highest BCUT2D eigenvalue weighted by Crippen LogP contribution is 2.28. The SMILES string of the molecule is O=C(Nc1ccccc1)C1COc2ccc(F)cc2C1. The fourth-order valence-corrected chi connectivity index (χ4v) is 2.30. The van der Waals surface area contributed by atoms with E-state index in [1.165, 1.54) is 12.1 Å². The van der Waals surface area contributed by atoms with E-state index in [-0.39, 0.29) is 17.6 Å². The second-order valence-corrected chi connectivity index (χ2v) is 4.82. The molecule has 0 bridgehead atoms. The molecule has 3 rings (SSSR count). The number of carbonyl (C=O) groups excluding carboxylic acids is 1. The van der Waals surface area contributed by atoms with E-state index in [9.17, 15) is 9.18 Å². The average Bonchev–Trinajstić information content (AvgIpc) is 2.47. The molecule has 1 atom stereocenters. The maximum Gasteiger partial charge on any atom is 0.231 e. The number of fused-ring (bicyclic) bond motifs is 1. The number of anilines is 1. The van der Waals surface area contributed by atoms with Gasteiger partial charge in [0, 0.05) is 5.69 Å². The molecule has 1 unspecified atom stereocenters. The number of hydrogen-bond donors (Lipinski definition) is 1. The molecule has 2 aromatic carbocycles. The van der Waals surface area contributed by atoms with Crippen molar-refractivity contribution in [2.75, 3.05) is 11.9 Å². The van der Waals surface area contributed by atoms with Crippen molar-refractivity contribution in [3.8, 4) is 5.75 Å². The molecule has 0 aromatic heterocycles. The summed E-state index contributed by atoms with van der Waals surface area (Å²) in [5.41, 5.74) is 1.49. The van der Waals surface area contributed by atoms with Gasteiger partial charge in [-0.2, -0.15) is 0 Å². The molecule has 1 heterocycles. The highest BCUT2D eigenvalue weighted by atomic mass is 19.1. The van der Waals surface area contributed by atoms with Crippen LogP contribution in [0.1, 0.15) is 5.56 Å². The van der Waals surface area contributed by atoms with Gasteiger partial charge >= 0.3 is 0 Å². The summed E-state index contributed by atoms with van der Waals surface area (Å²) < 4.78 is 18.7. The van der Waals surface area contributed by atoms with E-state index >= 15 is 0 Å². The molecule has 1 amide bonds. The third kappa shape index (κ3) is 2.64. The van der Waals surface area contributed by atoms with Gasteiger partial charge in [-0.25, -0.2) is 4.39 Å². The third-order valence-electron chi connectivity index (χ3n) is 3.34. The van der Waals surface area contributed by atoms with E-state index in [4.69, 9.17) is 4.74 Å². The molecule has 102 valence electrons. The Labute approximate surface area is 116 Å². The summed E-state index contributed by atoms with van der Waals surface area (Å²) in [6, 6.07) is 13.7. The van der Waals surface area contributed by atoms with Crippen molar-refractivity contribution in [2.24, 2.45) is 5.92 Å². The smallest absolute Gasteiger partial charge is 0.231 e. The fraction of sp³-hybridized carbons (Fsp3) is 0.188. The first-order valence-corrected chi connectivity index (χ1v) is 6.49. The van der Waals surface area contributed by atoms with Crippen LogP contribution < -0.4 is 10.1 Å². The van der Waals surface area contributed by atoms with Crippen LogP contribution in [0, 0.1) is 11.7 Å². The van der Waals surface area contributed by atoms with Crippen LogP contribution in [0.3, 0.4) is 0 Å². The van der Waals surface area contributed by atoms with Crippen LogP contribution in [0.15, 0.2) is 48.5 Å². The van der Waals surface area contributed by atoms with Crippen LogP contribution in [0.5, 0.6) is 5.75 Å². The molecular formula is C16H14FNO2. The summed E-state index contributed by atoms with van der Waals surface area (Å²) in [7, 11) is 0. The zero-order valence-corrected chi connectivity index (χ0v) is 10.8. The summed E-state index contributed by atoms with van der Waals surface area (Å²) in [5, 5.41) is 2.84. The molecule has 2 aromatic rings. The summed E-state index contributed by atoms with van der Waals surface area (Å²) in [6.07, 6.45) is 0.492. The van der Waals surface area contributed by atoms with Gasteiger partial charge < -0.3 is 10.1 Å². The van der Waals surface area contributed by atoms with Crippen molar-refractivity contribution in [1.82, 2.24) is 0 Å². The molecule has 0 radical (unpaired) electrons. The van der Waals surface area contributed by atoms with E-state index < -0.39 is 0 Å². The monoisotopic (exact) mass is 271 g/mol. The summed E-state index contributed by atoms with van der Waals surface area (Å²) in [5.74, 6) is -0.0535. The Bertz CT molecular complexity index is 628. The van der Waals surface area contributed by atoms with Crippen LogP contribution in [0.4, 0.5) is 10.1 Å². The number of hydrogen-bond acceptors (Lipinski definition) is 2. The van der Waals surface area contributed by atoms with Crippen molar-refractivity contribution in [3.63, 3.8) is 0 Å². The first-order valence-electron chi connectivity index (χ1n) is 6.49. The number of amides is 1. The third-order valence-corrected chi connectivity index (χ3v) is 3.34. The molecule has 0 spiro atoms. The highest BCUT2D eigenvalue weighted by Gasteiger charge is 2.26. The average molecular weight is 271 g/mol. The Hall–Kier alpha value is -2.36. The number of carbonyl (C=O) groups is 1. The lowest BCUT2D eigenvalue weighted by molar-refractivity contribution is -0.121. The second-order valence-electron chi connectivity index (χ2n) is 4.82. The minimum absolute atomic E-state index is 0.105. The minimum atomic E-state index is -0.309. The van der Waals surface area contributed by atoms with Crippen molar-refractivity contribution in [2.45, 2.75) is 6.42 Å². The molecular weight excluding hydrogens is 257 g/mol. The maximum absolute atomic E-state index is 13.2. The van der Waals surface area contributed by atoms with Gasteiger partial charge in [-0.05, 0) is 42.3 Å². The summed E-state index contributed by atoms with van der Waals surface area (Å²) >= 11 is 0. The lowest BCUT2D eigenvalue weighted by Crippen LogP contribution is -2.32. The topological polar surface area (TPSA) is 38.3 Å². The van der Waals surface area contributed by atoms with Crippen LogP contribution in [-0.4, -0.2) is 12.5 Å². The quantitative estimate of drug-likeness (QED) is 0.911. The van der Waals surface area contributed by atoms with Gasteiger partial charge in [-0.1, -0.05) is 18.2 Å². The van der Waals surface area contributed by atoms with E-state index in [0.717, 1.165) is 11.3 Å². The van der Waals surface area contributed by atoms with Gasteiger partial charge in [0.05, 0.1) is 5.92 Å². The number of rotatable bonds is 2. The Morgan fingerprint density at radius 2 is 2.00 bits per heavy atom. The Morgan fingerprint density at radius 3 is 2.80 bits per heavy atom. The minimum Gasteiger partial charge on any atom is -0.492 e. The molecule has 1 aliphatic rings. The molecule has 0 fully saturated rings. The first-order chi connectivity index (χ1) is 9.72.